The van der Waals surface area contributed by atoms with Crippen molar-refractivity contribution in [3.8, 4) is 0 Å². The fourth-order valence-corrected chi connectivity index (χ4v) is 4.98. The summed E-state index contributed by atoms with van der Waals surface area (Å²) in [6, 6.07) is 16.1. The molecule has 0 aliphatic rings. The number of allylic oxidation sites excluding steroid dienone is 1. The number of hydrogen-bond donors (Lipinski definition) is 0. The minimum absolute atomic E-state index is 0.0928. The van der Waals surface area contributed by atoms with E-state index in [4.69, 9.17) is 0 Å². The van der Waals surface area contributed by atoms with Crippen LogP contribution in [0.4, 0.5) is 0 Å². The van der Waals surface area contributed by atoms with E-state index in [2.05, 4.69) is 25.1 Å². The molecule has 0 aliphatic heterocycles. The van der Waals surface area contributed by atoms with Crippen molar-refractivity contribution in [2.24, 2.45) is 0 Å². The second-order valence-corrected chi connectivity index (χ2v) is 8.11. The Labute approximate surface area is 151 Å². The number of carbonyl (C=O) groups excluding carboxylic acids is 1. The Hall–Kier alpha value is -1.10. The van der Waals surface area contributed by atoms with Gasteiger partial charge in [0.05, 0.1) is 9.14 Å². The molecule has 2 aromatic carbocycles. The van der Waals surface area contributed by atoms with E-state index in [9.17, 15) is 4.79 Å². The predicted molar refractivity (Wildman–Crippen MR) is 107 cm³/mol. The van der Waals surface area contributed by atoms with Crippen LogP contribution in [-0.4, -0.2) is 18.3 Å². The number of aryl methyl sites for hydroxylation is 2. The van der Waals surface area contributed by atoms with Crippen LogP contribution in [-0.2, 0) is 0 Å². The van der Waals surface area contributed by atoms with E-state index in [0.29, 0.717) is 0 Å². The average Bonchev–Trinajstić information content (AvgIpc) is 2.55. The molecule has 0 spiro atoms. The van der Waals surface area contributed by atoms with Gasteiger partial charge in [0.15, 0.2) is 0 Å². The highest BCUT2D eigenvalue weighted by Gasteiger charge is 2.18. The molecule has 0 N–H and O–H groups in total. The van der Waals surface area contributed by atoms with Gasteiger partial charge in [-0.05, 0) is 38.5 Å². The van der Waals surface area contributed by atoms with Gasteiger partial charge < -0.3 is 0 Å². The lowest BCUT2D eigenvalue weighted by molar-refractivity contribution is 0.104. The Balaban J connectivity index is 2.40. The second kappa shape index (κ2) is 8.67. The maximum atomic E-state index is 13.0. The standard InChI is InChI=1S/C19H20OS3/c1-13-8-10-15(11-9-13)17(20)18(19(21-3)22-4)23-16-7-5-6-14(2)12-16/h5-12H,1-4H3. The van der Waals surface area contributed by atoms with Gasteiger partial charge in [0.25, 0.3) is 0 Å². The number of rotatable bonds is 6. The van der Waals surface area contributed by atoms with E-state index in [1.54, 1.807) is 35.3 Å². The molecule has 0 atom stereocenters. The molecule has 0 unspecified atom stereocenters. The first-order valence-electron chi connectivity index (χ1n) is 7.23. The van der Waals surface area contributed by atoms with Crippen molar-refractivity contribution >= 4 is 41.1 Å². The number of Topliss-reactive ketones (excluding diaryl/α,β-unsaturated/α-hetero) is 1. The summed E-state index contributed by atoms with van der Waals surface area (Å²) in [5, 5.41) is 0. The first-order valence-corrected chi connectivity index (χ1v) is 10.5. The van der Waals surface area contributed by atoms with Crippen LogP contribution < -0.4 is 0 Å². The zero-order valence-corrected chi connectivity index (χ0v) is 16.2. The third kappa shape index (κ3) is 4.93. The fourth-order valence-electron chi connectivity index (χ4n) is 2.08. The maximum absolute atomic E-state index is 13.0. The molecule has 0 saturated heterocycles. The van der Waals surface area contributed by atoms with Crippen LogP contribution >= 0.6 is 35.3 Å². The topological polar surface area (TPSA) is 17.1 Å². The summed E-state index contributed by atoms with van der Waals surface area (Å²) in [4.78, 5) is 14.9. The van der Waals surface area contributed by atoms with Gasteiger partial charge in [-0.15, -0.1) is 23.5 Å². The van der Waals surface area contributed by atoms with Gasteiger partial charge in [-0.25, -0.2) is 0 Å². The lowest BCUT2D eigenvalue weighted by Gasteiger charge is -2.12. The van der Waals surface area contributed by atoms with Crippen LogP contribution in [0.1, 0.15) is 21.5 Å². The quantitative estimate of drug-likeness (QED) is 0.348. The Kier molecular flexibility index (Phi) is 6.88. The Morgan fingerprint density at radius 1 is 0.870 bits per heavy atom. The van der Waals surface area contributed by atoms with Crippen LogP contribution in [0.15, 0.2) is 62.6 Å². The van der Waals surface area contributed by atoms with Crippen LogP contribution in [0.5, 0.6) is 0 Å². The predicted octanol–water partition coefficient (Wildman–Crippen LogP) is 6.17. The molecule has 2 aromatic rings. The smallest absolute Gasteiger partial charge is 0.201 e. The molecule has 23 heavy (non-hydrogen) atoms. The van der Waals surface area contributed by atoms with Crippen molar-refractivity contribution in [2.75, 3.05) is 12.5 Å². The normalized spacial score (nSPS) is 10.4. The lowest BCUT2D eigenvalue weighted by Crippen LogP contribution is -2.02. The highest BCUT2D eigenvalue weighted by atomic mass is 32.2. The largest absolute Gasteiger partial charge is 0.288 e. The van der Waals surface area contributed by atoms with E-state index in [1.165, 1.54) is 5.56 Å². The molecule has 0 amide bonds. The van der Waals surface area contributed by atoms with Gasteiger partial charge in [0.1, 0.15) is 0 Å². The first kappa shape index (κ1) is 18.2. The van der Waals surface area contributed by atoms with E-state index in [1.807, 2.05) is 49.8 Å². The first-order chi connectivity index (χ1) is 11.0. The fraction of sp³-hybridized carbons (Fsp3) is 0.211. The number of hydrogen-bond acceptors (Lipinski definition) is 4. The van der Waals surface area contributed by atoms with Crippen molar-refractivity contribution in [3.05, 3.63) is 74.4 Å². The molecule has 0 saturated carbocycles. The lowest BCUT2D eigenvalue weighted by atomic mass is 10.1. The number of benzene rings is 2. The molecule has 0 fully saturated rings. The highest BCUT2D eigenvalue weighted by Crippen LogP contribution is 2.39. The van der Waals surface area contributed by atoms with Crippen molar-refractivity contribution in [1.82, 2.24) is 0 Å². The molecule has 0 bridgehead atoms. The summed E-state index contributed by atoms with van der Waals surface area (Å²) in [5.41, 5.74) is 3.10. The minimum Gasteiger partial charge on any atom is -0.288 e. The summed E-state index contributed by atoms with van der Waals surface area (Å²) in [6.07, 6.45) is 4.04. The SMILES string of the molecule is CSC(SC)=C(Sc1cccc(C)c1)C(=O)c1ccc(C)cc1. The molecule has 0 radical (unpaired) electrons. The molecule has 0 aliphatic carbocycles. The van der Waals surface area contributed by atoms with Gasteiger partial charge in [0, 0.05) is 10.5 Å². The van der Waals surface area contributed by atoms with Gasteiger partial charge in [-0.3, -0.25) is 4.79 Å². The van der Waals surface area contributed by atoms with Crippen molar-refractivity contribution in [1.29, 1.82) is 0 Å². The zero-order chi connectivity index (χ0) is 16.8. The second-order valence-electron chi connectivity index (χ2n) is 5.14. The van der Waals surface area contributed by atoms with Gasteiger partial charge in [-0.1, -0.05) is 59.3 Å². The maximum Gasteiger partial charge on any atom is 0.201 e. The summed E-state index contributed by atoms with van der Waals surface area (Å²) >= 11 is 4.81. The van der Waals surface area contributed by atoms with Crippen LogP contribution in [0.2, 0.25) is 0 Å². The van der Waals surface area contributed by atoms with Crippen molar-refractivity contribution < 1.29 is 4.79 Å². The van der Waals surface area contributed by atoms with Crippen LogP contribution in [0.25, 0.3) is 0 Å². The van der Waals surface area contributed by atoms with Crippen molar-refractivity contribution in [2.45, 2.75) is 18.7 Å². The Morgan fingerprint density at radius 3 is 2.09 bits per heavy atom. The number of thioether (sulfide) groups is 3. The average molecular weight is 361 g/mol. The van der Waals surface area contributed by atoms with E-state index >= 15 is 0 Å². The van der Waals surface area contributed by atoms with Crippen LogP contribution in [0.3, 0.4) is 0 Å². The van der Waals surface area contributed by atoms with Gasteiger partial charge in [0.2, 0.25) is 5.78 Å². The molecule has 0 aromatic heterocycles. The highest BCUT2D eigenvalue weighted by molar-refractivity contribution is 8.22. The molecular formula is C19H20OS3. The summed E-state index contributed by atoms with van der Waals surface area (Å²) < 4.78 is 1.06. The van der Waals surface area contributed by atoms with Gasteiger partial charge in [-0.2, -0.15) is 0 Å². The molecule has 2 rings (SSSR count). The summed E-state index contributed by atoms with van der Waals surface area (Å²) in [5.74, 6) is 0.0928. The van der Waals surface area contributed by atoms with Gasteiger partial charge >= 0.3 is 0 Å². The van der Waals surface area contributed by atoms with E-state index in [-0.39, 0.29) is 5.78 Å². The number of carbonyl (C=O) groups is 1. The summed E-state index contributed by atoms with van der Waals surface area (Å²) in [7, 11) is 0. The Morgan fingerprint density at radius 2 is 1.52 bits per heavy atom. The third-order valence-electron chi connectivity index (χ3n) is 3.29. The van der Waals surface area contributed by atoms with E-state index in [0.717, 1.165) is 25.2 Å². The monoisotopic (exact) mass is 360 g/mol. The Bertz CT molecular complexity index is 712. The molecule has 120 valence electrons. The minimum atomic E-state index is 0.0928. The third-order valence-corrected chi connectivity index (χ3v) is 6.78. The van der Waals surface area contributed by atoms with E-state index < -0.39 is 0 Å². The van der Waals surface area contributed by atoms with Crippen LogP contribution in [0, 0.1) is 13.8 Å². The molecule has 4 heteroatoms. The molecule has 0 heterocycles. The number of ketones is 1. The molecule has 1 nitrogen and oxygen atoms in total. The molecular weight excluding hydrogens is 340 g/mol. The van der Waals surface area contributed by atoms with Crippen molar-refractivity contribution in [3.63, 3.8) is 0 Å². The summed E-state index contributed by atoms with van der Waals surface area (Å²) in [6.45, 7) is 4.10. The zero-order valence-electron chi connectivity index (χ0n) is 13.8.